The van der Waals surface area contributed by atoms with E-state index in [0.29, 0.717) is 12.6 Å². The van der Waals surface area contributed by atoms with Crippen LogP contribution in [0, 0.1) is 18.8 Å². The highest BCUT2D eigenvalue weighted by Crippen LogP contribution is 2.30. The molecular weight excluding hydrogens is 324 g/mol. The molecule has 2 saturated carbocycles. The van der Waals surface area contributed by atoms with Crippen molar-refractivity contribution in [1.82, 2.24) is 25.4 Å². The molecule has 2 aliphatic carbocycles. The third-order valence-corrected chi connectivity index (χ3v) is 6.15. The van der Waals surface area contributed by atoms with Crippen molar-refractivity contribution in [3.05, 3.63) is 11.6 Å². The van der Waals surface area contributed by atoms with Gasteiger partial charge in [0.05, 0.1) is 0 Å². The zero-order chi connectivity index (χ0) is 18.4. The van der Waals surface area contributed by atoms with Gasteiger partial charge in [-0.1, -0.05) is 39.0 Å². The topological polar surface area (TPSA) is 67.1 Å². The molecule has 2 unspecified atom stereocenters. The molecule has 2 N–H and O–H groups in total. The SMILES string of the molecule is Cc1nnc(CN=C(NCCC2CCCC(C)C2)NC2CCCC2)n1C. The minimum Gasteiger partial charge on any atom is -0.356 e. The van der Waals surface area contributed by atoms with Crippen LogP contribution >= 0.6 is 0 Å². The summed E-state index contributed by atoms with van der Waals surface area (Å²) in [4.78, 5) is 4.80. The highest BCUT2D eigenvalue weighted by atomic mass is 15.3. The van der Waals surface area contributed by atoms with Gasteiger partial charge in [0.15, 0.2) is 11.8 Å². The van der Waals surface area contributed by atoms with Crippen molar-refractivity contribution in [2.75, 3.05) is 6.54 Å². The van der Waals surface area contributed by atoms with Crippen LogP contribution in [0.3, 0.4) is 0 Å². The molecule has 1 aromatic heterocycles. The maximum atomic E-state index is 4.80. The molecule has 26 heavy (non-hydrogen) atoms. The Morgan fingerprint density at radius 2 is 1.96 bits per heavy atom. The van der Waals surface area contributed by atoms with Crippen molar-refractivity contribution in [2.45, 2.75) is 84.2 Å². The van der Waals surface area contributed by atoms with Crippen LogP contribution in [0.15, 0.2) is 4.99 Å². The second-order valence-corrected chi connectivity index (χ2v) is 8.37. The summed E-state index contributed by atoms with van der Waals surface area (Å²) in [5.41, 5.74) is 0. The van der Waals surface area contributed by atoms with Gasteiger partial charge < -0.3 is 15.2 Å². The van der Waals surface area contributed by atoms with E-state index in [9.17, 15) is 0 Å². The molecule has 2 aliphatic rings. The number of nitrogens with one attached hydrogen (secondary N) is 2. The molecule has 146 valence electrons. The smallest absolute Gasteiger partial charge is 0.191 e. The van der Waals surface area contributed by atoms with Crippen molar-refractivity contribution in [3.63, 3.8) is 0 Å². The van der Waals surface area contributed by atoms with Gasteiger partial charge in [0.2, 0.25) is 0 Å². The summed E-state index contributed by atoms with van der Waals surface area (Å²) < 4.78 is 2.01. The zero-order valence-corrected chi connectivity index (χ0v) is 16.8. The van der Waals surface area contributed by atoms with E-state index in [1.807, 2.05) is 18.5 Å². The maximum absolute atomic E-state index is 4.80. The summed E-state index contributed by atoms with van der Waals surface area (Å²) in [6.45, 7) is 5.95. The molecular formula is C20H36N6. The van der Waals surface area contributed by atoms with Gasteiger partial charge in [-0.2, -0.15) is 0 Å². The minimum atomic E-state index is 0.567. The van der Waals surface area contributed by atoms with E-state index >= 15 is 0 Å². The van der Waals surface area contributed by atoms with Crippen molar-refractivity contribution in [1.29, 1.82) is 0 Å². The van der Waals surface area contributed by atoms with Crippen LogP contribution in [0.5, 0.6) is 0 Å². The van der Waals surface area contributed by atoms with E-state index in [0.717, 1.165) is 36.0 Å². The third kappa shape index (κ3) is 5.45. The molecule has 6 heteroatoms. The van der Waals surface area contributed by atoms with Gasteiger partial charge in [-0.3, -0.25) is 0 Å². The van der Waals surface area contributed by atoms with Crippen molar-refractivity contribution >= 4 is 5.96 Å². The second kappa shape index (κ2) is 9.38. The number of aliphatic imine (C=N–C) groups is 1. The molecule has 0 amide bonds. The predicted octanol–water partition coefficient (Wildman–Crippen LogP) is 3.32. The summed E-state index contributed by atoms with van der Waals surface area (Å²) in [6, 6.07) is 0.567. The molecule has 1 heterocycles. The quantitative estimate of drug-likeness (QED) is 0.603. The number of hydrogen-bond acceptors (Lipinski definition) is 3. The zero-order valence-electron chi connectivity index (χ0n) is 16.8. The van der Waals surface area contributed by atoms with Gasteiger partial charge in [-0.05, 0) is 44.4 Å². The van der Waals surface area contributed by atoms with Gasteiger partial charge in [0.25, 0.3) is 0 Å². The van der Waals surface area contributed by atoms with Gasteiger partial charge in [0, 0.05) is 19.6 Å². The molecule has 3 rings (SSSR count). The van der Waals surface area contributed by atoms with E-state index in [4.69, 9.17) is 4.99 Å². The van der Waals surface area contributed by atoms with Gasteiger partial charge in [-0.15, -0.1) is 10.2 Å². The Morgan fingerprint density at radius 1 is 1.15 bits per heavy atom. The summed E-state index contributed by atoms with van der Waals surface area (Å²) in [5.74, 6) is 4.57. The van der Waals surface area contributed by atoms with E-state index < -0.39 is 0 Å². The Kier molecular flexibility index (Phi) is 6.92. The Morgan fingerprint density at radius 3 is 2.65 bits per heavy atom. The first-order chi connectivity index (χ1) is 12.6. The van der Waals surface area contributed by atoms with Gasteiger partial charge in [-0.25, -0.2) is 4.99 Å². The number of aromatic nitrogens is 3. The summed E-state index contributed by atoms with van der Waals surface area (Å²) >= 11 is 0. The number of nitrogens with zero attached hydrogens (tertiary/aromatic N) is 4. The summed E-state index contributed by atoms with van der Waals surface area (Å²) in [5, 5.41) is 15.6. The Labute approximate surface area is 158 Å². The lowest BCUT2D eigenvalue weighted by atomic mass is 9.81. The second-order valence-electron chi connectivity index (χ2n) is 8.37. The molecule has 0 spiro atoms. The van der Waals surface area contributed by atoms with Crippen LogP contribution in [-0.2, 0) is 13.6 Å². The van der Waals surface area contributed by atoms with Crippen molar-refractivity contribution in [3.8, 4) is 0 Å². The molecule has 6 nitrogen and oxygen atoms in total. The van der Waals surface area contributed by atoms with Gasteiger partial charge in [0.1, 0.15) is 12.4 Å². The number of rotatable bonds is 6. The molecule has 2 fully saturated rings. The number of aryl methyl sites for hydroxylation is 1. The molecule has 0 radical (unpaired) electrons. The minimum absolute atomic E-state index is 0.567. The molecule has 0 aliphatic heterocycles. The molecule has 2 atom stereocenters. The standard InChI is InChI=1S/C20H36N6/c1-15-7-6-8-17(13-15)11-12-21-20(23-18-9-4-5-10-18)22-14-19-25-24-16(2)26(19)3/h15,17-18H,4-14H2,1-3H3,(H2,21,22,23). The Hall–Kier alpha value is -1.59. The van der Waals surface area contributed by atoms with Gasteiger partial charge >= 0.3 is 0 Å². The first kappa shape index (κ1) is 19.2. The van der Waals surface area contributed by atoms with E-state index in [2.05, 4.69) is 27.8 Å². The molecule has 0 bridgehead atoms. The van der Waals surface area contributed by atoms with Crippen LogP contribution in [-0.4, -0.2) is 33.3 Å². The fourth-order valence-corrected chi connectivity index (χ4v) is 4.37. The summed E-state index contributed by atoms with van der Waals surface area (Å²) in [6.07, 6.45) is 12.0. The highest BCUT2D eigenvalue weighted by Gasteiger charge is 2.19. The highest BCUT2D eigenvalue weighted by molar-refractivity contribution is 5.80. The monoisotopic (exact) mass is 360 g/mol. The van der Waals surface area contributed by atoms with Crippen LogP contribution in [0.25, 0.3) is 0 Å². The average molecular weight is 361 g/mol. The maximum Gasteiger partial charge on any atom is 0.191 e. The van der Waals surface area contributed by atoms with Crippen LogP contribution in [0.2, 0.25) is 0 Å². The third-order valence-electron chi connectivity index (χ3n) is 6.15. The van der Waals surface area contributed by atoms with Crippen LogP contribution in [0.4, 0.5) is 0 Å². The van der Waals surface area contributed by atoms with E-state index in [-0.39, 0.29) is 0 Å². The predicted molar refractivity (Wildman–Crippen MR) is 106 cm³/mol. The fraction of sp³-hybridized carbons (Fsp3) is 0.850. The van der Waals surface area contributed by atoms with E-state index in [1.54, 1.807) is 0 Å². The Bertz CT molecular complexity index is 587. The van der Waals surface area contributed by atoms with E-state index in [1.165, 1.54) is 57.8 Å². The van der Waals surface area contributed by atoms with Crippen molar-refractivity contribution in [2.24, 2.45) is 23.9 Å². The molecule has 0 aromatic carbocycles. The number of guanidine groups is 1. The lowest BCUT2D eigenvalue weighted by Crippen LogP contribution is -2.43. The molecule has 1 aromatic rings. The number of hydrogen-bond donors (Lipinski definition) is 2. The largest absolute Gasteiger partial charge is 0.356 e. The summed E-state index contributed by atoms with van der Waals surface area (Å²) in [7, 11) is 2.00. The fourth-order valence-electron chi connectivity index (χ4n) is 4.37. The normalized spacial score (nSPS) is 24.8. The van der Waals surface area contributed by atoms with Crippen LogP contribution < -0.4 is 10.6 Å². The Balaban J connectivity index is 1.53. The lowest BCUT2D eigenvalue weighted by molar-refractivity contribution is 0.270. The molecule has 0 saturated heterocycles. The van der Waals surface area contributed by atoms with Crippen molar-refractivity contribution < 1.29 is 0 Å². The van der Waals surface area contributed by atoms with Crippen LogP contribution in [0.1, 0.15) is 76.4 Å². The first-order valence-electron chi connectivity index (χ1n) is 10.5. The lowest BCUT2D eigenvalue weighted by Gasteiger charge is -2.27. The first-order valence-corrected chi connectivity index (χ1v) is 10.5. The average Bonchev–Trinajstić information content (AvgIpc) is 3.24.